The highest BCUT2D eigenvalue weighted by atomic mass is 35.5. The molecule has 156 valence electrons. The molecule has 1 fully saturated rings. The zero-order chi connectivity index (χ0) is 20.6. The van der Waals surface area contributed by atoms with Gasteiger partial charge in [-0.2, -0.15) is 0 Å². The molecular formula is C22H30ClN5O. The Morgan fingerprint density at radius 2 is 2.14 bits per heavy atom. The molecule has 0 spiro atoms. The number of benzene rings is 1. The predicted molar refractivity (Wildman–Crippen MR) is 120 cm³/mol. The Hall–Kier alpha value is -2.47. The number of aliphatic imine (C=N–C) groups is 1. The monoisotopic (exact) mass is 415 g/mol. The van der Waals surface area contributed by atoms with Crippen molar-refractivity contribution in [1.82, 2.24) is 15.6 Å². The van der Waals surface area contributed by atoms with Crippen molar-refractivity contribution in [2.75, 3.05) is 38.7 Å². The Labute approximate surface area is 178 Å². The summed E-state index contributed by atoms with van der Waals surface area (Å²) in [5.74, 6) is 3.04. The highest BCUT2D eigenvalue weighted by Gasteiger charge is 2.25. The van der Waals surface area contributed by atoms with Crippen molar-refractivity contribution in [3.8, 4) is 5.75 Å². The third-order valence-electron chi connectivity index (χ3n) is 5.35. The van der Waals surface area contributed by atoms with Crippen LogP contribution in [0.1, 0.15) is 31.2 Å². The molecule has 3 rings (SSSR count). The van der Waals surface area contributed by atoms with Gasteiger partial charge in [-0.3, -0.25) is 4.99 Å². The molecule has 2 atom stereocenters. The smallest absolute Gasteiger partial charge is 0.191 e. The van der Waals surface area contributed by atoms with Crippen LogP contribution < -0.4 is 20.3 Å². The van der Waals surface area contributed by atoms with Crippen LogP contribution in [0.15, 0.2) is 47.6 Å². The van der Waals surface area contributed by atoms with Gasteiger partial charge in [0.25, 0.3) is 0 Å². The first-order chi connectivity index (χ1) is 14.1. The first-order valence-corrected chi connectivity index (χ1v) is 10.4. The summed E-state index contributed by atoms with van der Waals surface area (Å²) < 4.78 is 5.23. The molecule has 0 bridgehead atoms. The fourth-order valence-electron chi connectivity index (χ4n) is 3.57. The highest BCUT2D eigenvalue weighted by molar-refractivity contribution is 6.32. The van der Waals surface area contributed by atoms with Crippen LogP contribution >= 0.6 is 11.6 Å². The summed E-state index contributed by atoms with van der Waals surface area (Å²) in [6.45, 7) is 4.89. The molecule has 29 heavy (non-hydrogen) atoms. The van der Waals surface area contributed by atoms with E-state index in [4.69, 9.17) is 16.3 Å². The van der Waals surface area contributed by atoms with E-state index in [0.717, 1.165) is 50.0 Å². The van der Waals surface area contributed by atoms with E-state index in [9.17, 15) is 0 Å². The summed E-state index contributed by atoms with van der Waals surface area (Å²) in [5, 5.41) is 7.66. The third-order valence-corrected chi connectivity index (χ3v) is 5.64. The topological polar surface area (TPSA) is 61.8 Å². The van der Waals surface area contributed by atoms with Gasteiger partial charge >= 0.3 is 0 Å². The number of ether oxygens (including phenoxy) is 1. The summed E-state index contributed by atoms with van der Waals surface area (Å²) in [6, 6.07) is 12.3. The number of nitrogens with zero attached hydrogens (tertiary/aromatic N) is 3. The van der Waals surface area contributed by atoms with Crippen molar-refractivity contribution < 1.29 is 4.74 Å². The number of hydrogen-bond acceptors (Lipinski definition) is 4. The minimum absolute atomic E-state index is 0.318. The van der Waals surface area contributed by atoms with Gasteiger partial charge in [0.1, 0.15) is 11.6 Å². The van der Waals surface area contributed by atoms with Gasteiger partial charge in [-0.15, -0.1) is 0 Å². The van der Waals surface area contributed by atoms with Crippen LogP contribution in [0, 0.1) is 0 Å². The molecule has 0 radical (unpaired) electrons. The molecule has 1 aromatic heterocycles. The molecule has 2 unspecified atom stereocenters. The van der Waals surface area contributed by atoms with Crippen molar-refractivity contribution in [3.05, 3.63) is 53.2 Å². The number of halogens is 1. The zero-order valence-electron chi connectivity index (χ0n) is 17.4. The maximum absolute atomic E-state index is 6.28. The summed E-state index contributed by atoms with van der Waals surface area (Å²) in [7, 11) is 3.50. The van der Waals surface area contributed by atoms with Crippen LogP contribution in [0.25, 0.3) is 0 Å². The molecular weight excluding hydrogens is 386 g/mol. The van der Waals surface area contributed by atoms with Crippen LogP contribution in [0.2, 0.25) is 5.02 Å². The number of anilines is 1. The molecule has 1 saturated heterocycles. The van der Waals surface area contributed by atoms with E-state index in [1.165, 1.54) is 5.56 Å². The quantitative estimate of drug-likeness (QED) is 0.533. The molecule has 0 saturated carbocycles. The first-order valence-electron chi connectivity index (χ1n) is 10.1. The Kier molecular flexibility index (Phi) is 7.58. The molecule has 2 heterocycles. The Balaban J connectivity index is 1.44. The van der Waals surface area contributed by atoms with E-state index in [2.05, 4.69) is 44.6 Å². The molecule has 2 aromatic rings. The van der Waals surface area contributed by atoms with Crippen molar-refractivity contribution in [2.24, 2.45) is 4.99 Å². The fraction of sp³-hybridized carbons (Fsp3) is 0.455. The molecule has 1 aliphatic rings. The van der Waals surface area contributed by atoms with Gasteiger partial charge in [0.05, 0.1) is 12.1 Å². The predicted octanol–water partition coefficient (Wildman–Crippen LogP) is 3.68. The molecule has 2 N–H and O–H groups in total. The lowest BCUT2D eigenvalue weighted by Gasteiger charge is -2.20. The molecule has 0 amide bonds. The number of rotatable bonds is 7. The maximum Gasteiger partial charge on any atom is 0.191 e. The van der Waals surface area contributed by atoms with Crippen LogP contribution in [0.4, 0.5) is 5.82 Å². The molecule has 6 nitrogen and oxygen atoms in total. The van der Waals surface area contributed by atoms with Gasteiger partial charge in [0.15, 0.2) is 5.96 Å². The van der Waals surface area contributed by atoms with Gasteiger partial charge in [-0.25, -0.2) is 4.98 Å². The number of nitrogens with one attached hydrogen (secondary N) is 2. The third kappa shape index (κ3) is 5.76. The average Bonchev–Trinajstić information content (AvgIpc) is 3.21. The molecule has 0 aliphatic carbocycles. The van der Waals surface area contributed by atoms with E-state index in [1.807, 2.05) is 31.3 Å². The van der Waals surface area contributed by atoms with Crippen LogP contribution in [-0.2, 0) is 0 Å². The largest absolute Gasteiger partial charge is 0.497 e. The second-order valence-electron chi connectivity index (χ2n) is 7.35. The average molecular weight is 416 g/mol. The Bertz CT molecular complexity index is 811. The number of pyridine rings is 1. The van der Waals surface area contributed by atoms with Crippen molar-refractivity contribution in [2.45, 2.75) is 31.7 Å². The van der Waals surface area contributed by atoms with E-state index >= 15 is 0 Å². The lowest BCUT2D eigenvalue weighted by atomic mass is 9.98. The minimum Gasteiger partial charge on any atom is -0.497 e. The van der Waals surface area contributed by atoms with Gasteiger partial charge in [-0.05, 0) is 48.6 Å². The zero-order valence-corrected chi connectivity index (χ0v) is 18.1. The minimum atomic E-state index is 0.318. The van der Waals surface area contributed by atoms with Crippen LogP contribution in [-0.4, -0.2) is 50.8 Å². The Morgan fingerprint density at radius 1 is 1.34 bits per heavy atom. The number of hydrogen-bond donors (Lipinski definition) is 2. The lowest BCUT2D eigenvalue weighted by molar-refractivity contribution is 0.414. The second kappa shape index (κ2) is 10.3. The lowest BCUT2D eigenvalue weighted by Crippen LogP contribution is -2.45. The van der Waals surface area contributed by atoms with Crippen LogP contribution in [0.5, 0.6) is 5.75 Å². The second-order valence-corrected chi connectivity index (χ2v) is 7.75. The normalized spacial score (nSPS) is 17.9. The number of methoxy groups -OCH3 is 1. The fourth-order valence-corrected chi connectivity index (χ4v) is 3.82. The summed E-state index contributed by atoms with van der Waals surface area (Å²) in [4.78, 5) is 11.0. The van der Waals surface area contributed by atoms with Gasteiger partial charge in [0, 0.05) is 38.9 Å². The van der Waals surface area contributed by atoms with Gasteiger partial charge < -0.3 is 20.3 Å². The molecule has 7 heteroatoms. The SMILES string of the molecule is CN=C(NCCC(C)c1ccc(OC)cc1)NC1CCN(c2ncccc2Cl)C1. The summed E-state index contributed by atoms with van der Waals surface area (Å²) >= 11 is 6.28. The first kappa shape index (κ1) is 21.2. The van der Waals surface area contributed by atoms with Crippen molar-refractivity contribution in [1.29, 1.82) is 0 Å². The van der Waals surface area contributed by atoms with Crippen molar-refractivity contribution >= 4 is 23.4 Å². The van der Waals surface area contributed by atoms with E-state index in [0.29, 0.717) is 17.0 Å². The highest BCUT2D eigenvalue weighted by Crippen LogP contribution is 2.26. The van der Waals surface area contributed by atoms with E-state index < -0.39 is 0 Å². The molecule has 1 aromatic carbocycles. The summed E-state index contributed by atoms with van der Waals surface area (Å²) in [6.07, 6.45) is 3.83. The van der Waals surface area contributed by atoms with Crippen molar-refractivity contribution in [3.63, 3.8) is 0 Å². The van der Waals surface area contributed by atoms with Gasteiger partial charge in [0.2, 0.25) is 0 Å². The number of guanidine groups is 1. The van der Waals surface area contributed by atoms with E-state index in [1.54, 1.807) is 13.3 Å². The standard InChI is InChI=1S/C22H30ClN5O/c1-16(17-6-8-19(29-3)9-7-17)10-13-26-22(24-2)27-18-11-14-28(15-18)21-20(23)5-4-12-25-21/h4-9,12,16,18H,10-11,13-15H2,1-3H3,(H2,24,26,27). The molecule has 1 aliphatic heterocycles. The van der Waals surface area contributed by atoms with E-state index in [-0.39, 0.29) is 0 Å². The summed E-state index contributed by atoms with van der Waals surface area (Å²) in [5.41, 5.74) is 1.31. The van der Waals surface area contributed by atoms with Gasteiger partial charge in [-0.1, -0.05) is 30.7 Å². The number of aromatic nitrogens is 1. The Morgan fingerprint density at radius 3 is 2.83 bits per heavy atom. The maximum atomic E-state index is 6.28. The van der Waals surface area contributed by atoms with Crippen LogP contribution in [0.3, 0.4) is 0 Å².